The van der Waals surface area contributed by atoms with Gasteiger partial charge in [-0.25, -0.2) is 4.39 Å². The quantitative estimate of drug-likeness (QED) is 0.341. The highest BCUT2D eigenvalue weighted by atomic mass is 35.5. The molecular weight excluding hydrogens is 560 g/mol. The van der Waals surface area contributed by atoms with Crippen molar-refractivity contribution < 1.29 is 14.0 Å². The molecule has 6 rings (SSSR count). The Labute approximate surface area is 252 Å². The summed E-state index contributed by atoms with van der Waals surface area (Å²) in [7, 11) is 0. The molecule has 8 heteroatoms. The molecule has 0 unspecified atom stereocenters. The summed E-state index contributed by atoms with van der Waals surface area (Å²) in [6.45, 7) is 6.71. The monoisotopic (exact) mass is 599 g/mol. The lowest BCUT2D eigenvalue weighted by molar-refractivity contribution is -0.125. The van der Waals surface area contributed by atoms with E-state index in [-0.39, 0.29) is 28.3 Å². The zero-order valence-electron chi connectivity index (χ0n) is 24.1. The minimum absolute atomic E-state index is 0.0184. The van der Waals surface area contributed by atoms with Gasteiger partial charge in [-0.15, -0.1) is 0 Å². The van der Waals surface area contributed by atoms with Gasteiger partial charge in [0, 0.05) is 28.2 Å². The second kappa shape index (κ2) is 10.5. The van der Waals surface area contributed by atoms with E-state index in [1.807, 2.05) is 6.07 Å². The Kier molecular flexibility index (Phi) is 7.44. The molecule has 2 aromatic rings. The van der Waals surface area contributed by atoms with Crippen LogP contribution in [0.1, 0.15) is 95.6 Å². The van der Waals surface area contributed by atoms with Crippen LogP contribution in [0, 0.1) is 17.2 Å². The fourth-order valence-corrected chi connectivity index (χ4v) is 8.78. The van der Waals surface area contributed by atoms with E-state index >= 15 is 4.39 Å². The normalized spacial score (nSPS) is 31.7. The van der Waals surface area contributed by atoms with Gasteiger partial charge in [-0.3, -0.25) is 14.9 Å². The summed E-state index contributed by atoms with van der Waals surface area (Å²) in [5, 5.41) is 10.7. The zero-order chi connectivity index (χ0) is 29.2. The van der Waals surface area contributed by atoms with Crippen LogP contribution in [0.4, 0.5) is 10.1 Å². The first-order valence-electron chi connectivity index (χ1n) is 15.1. The first-order chi connectivity index (χ1) is 19.5. The van der Waals surface area contributed by atoms with E-state index in [1.165, 1.54) is 6.07 Å². The molecule has 3 fully saturated rings. The lowest BCUT2D eigenvalue weighted by Gasteiger charge is -2.50. The first-order valence-corrected chi connectivity index (χ1v) is 15.9. The van der Waals surface area contributed by atoms with Crippen LogP contribution in [-0.4, -0.2) is 29.4 Å². The van der Waals surface area contributed by atoms with E-state index in [4.69, 9.17) is 23.2 Å². The Morgan fingerprint density at radius 2 is 1.76 bits per heavy atom. The predicted octanol–water partition coefficient (Wildman–Crippen LogP) is 7.50. The third kappa shape index (κ3) is 4.60. The van der Waals surface area contributed by atoms with Gasteiger partial charge in [0.15, 0.2) is 0 Å². The lowest BCUT2D eigenvalue weighted by atomic mass is 9.53. The number of carbonyl (C=O) groups excluding carboxylic acids is 2. The summed E-state index contributed by atoms with van der Waals surface area (Å²) in [5.74, 6) is -1.08. The molecule has 220 valence electrons. The van der Waals surface area contributed by atoms with Crippen molar-refractivity contribution >= 4 is 40.7 Å². The van der Waals surface area contributed by atoms with Gasteiger partial charge in [0.05, 0.1) is 11.1 Å². The fraction of sp³-hybridized carbons (Fsp3) is 0.576. The van der Waals surface area contributed by atoms with Crippen LogP contribution in [0.2, 0.25) is 10.0 Å². The summed E-state index contributed by atoms with van der Waals surface area (Å²) in [5.41, 5.74) is -0.202. The Hall–Kier alpha value is -2.15. The molecule has 2 saturated carbocycles. The smallest absolute Gasteiger partial charge is 0.238 e. The van der Waals surface area contributed by atoms with Crippen LogP contribution in [0.5, 0.6) is 0 Å². The number of amides is 2. The molecule has 0 aromatic heterocycles. The van der Waals surface area contributed by atoms with Crippen molar-refractivity contribution in [3.05, 3.63) is 63.4 Å². The highest BCUT2D eigenvalue weighted by molar-refractivity contribution is 6.31. The number of anilines is 1. The molecule has 41 heavy (non-hydrogen) atoms. The van der Waals surface area contributed by atoms with Gasteiger partial charge < -0.3 is 10.6 Å². The Balaban J connectivity index is 1.51. The number of rotatable bonds is 4. The maximum absolute atomic E-state index is 16.1. The summed E-state index contributed by atoms with van der Waals surface area (Å²) in [6.07, 6.45) is 8.30. The number of hydrogen-bond donors (Lipinski definition) is 3. The van der Waals surface area contributed by atoms with Crippen LogP contribution < -0.4 is 16.0 Å². The van der Waals surface area contributed by atoms with Gasteiger partial charge in [-0.2, -0.15) is 0 Å². The van der Waals surface area contributed by atoms with Crippen LogP contribution >= 0.6 is 23.2 Å². The molecule has 3 atom stereocenters. The van der Waals surface area contributed by atoms with Crippen LogP contribution in [0.15, 0.2) is 36.4 Å². The SMILES string of the molecule is CCC1CCC(NC(=O)[C@@H]2NC3(CCC(C)(C)CC3)[C@@]3(C(=O)Nc4cc(Cl)ccc43)[C@H]2c2cccc(Cl)c2F)CC1. The molecule has 2 aliphatic carbocycles. The minimum atomic E-state index is -1.23. The molecule has 1 saturated heterocycles. The number of benzene rings is 2. The van der Waals surface area contributed by atoms with E-state index < -0.39 is 28.7 Å². The topological polar surface area (TPSA) is 70.2 Å². The number of carbonyl (C=O) groups is 2. The van der Waals surface area contributed by atoms with Gasteiger partial charge in [0.2, 0.25) is 11.8 Å². The maximum atomic E-state index is 16.1. The van der Waals surface area contributed by atoms with Crippen molar-refractivity contribution in [3.63, 3.8) is 0 Å². The van der Waals surface area contributed by atoms with Gasteiger partial charge in [-0.1, -0.05) is 68.6 Å². The van der Waals surface area contributed by atoms with Crippen LogP contribution in [-0.2, 0) is 15.0 Å². The molecule has 4 aliphatic rings. The Bertz CT molecular complexity index is 1360. The molecule has 2 amide bonds. The third-order valence-electron chi connectivity index (χ3n) is 10.8. The van der Waals surface area contributed by atoms with E-state index in [0.29, 0.717) is 35.0 Å². The minimum Gasteiger partial charge on any atom is -0.352 e. The van der Waals surface area contributed by atoms with Crippen LogP contribution in [0.3, 0.4) is 0 Å². The molecule has 2 aliphatic heterocycles. The summed E-state index contributed by atoms with van der Waals surface area (Å²) in [4.78, 5) is 28.9. The summed E-state index contributed by atoms with van der Waals surface area (Å²) < 4.78 is 16.1. The van der Waals surface area contributed by atoms with E-state index in [9.17, 15) is 9.59 Å². The third-order valence-corrected chi connectivity index (χ3v) is 11.4. The predicted molar refractivity (Wildman–Crippen MR) is 162 cm³/mol. The first kappa shape index (κ1) is 28.9. The highest BCUT2D eigenvalue weighted by Crippen LogP contribution is 2.64. The van der Waals surface area contributed by atoms with Gasteiger partial charge in [-0.05, 0) is 92.0 Å². The van der Waals surface area contributed by atoms with Crippen molar-refractivity contribution in [3.8, 4) is 0 Å². The van der Waals surface area contributed by atoms with Crippen molar-refractivity contribution in [1.29, 1.82) is 0 Å². The second-order valence-corrected chi connectivity index (χ2v) is 14.4. The average molecular weight is 601 g/mol. The Morgan fingerprint density at radius 3 is 2.44 bits per heavy atom. The molecule has 3 N–H and O–H groups in total. The number of hydrogen-bond acceptors (Lipinski definition) is 3. The molecule has 5 nitrogen and oxygen atoms in total. The second-order valence-electron chi connectivity index (χ2n) is 13.6. The van der Waals surface area contributed by atoms with Gasteiger partial charge in [0.25, 0.3) is 0 Å². The van der Waals surface area contributed by atoms with Crippen molar-refractivity contribution in [2.24, 2.45) is 11.3 Å². The lowest BCUT2D eigenvalue weighted by Crippen LogP contribution is -2.61. The number of fused-ring (bicyclic) bond motifs is 3. The summed E-state index contributed by atoms with van der Waals surface area (Å²) in [6, 6.07) is 9.59. The molecule has 0 radical (unpaired) electrons. The Morgan fingerprint density at radius 1 is 1.05 bits per heavy atom. The average Bonchev–Trinajstić information content (AvgIpc) is 3.40. The summed E-state index contributed by atoms with van der Waals surface area (Å²) >= 11 is 12.7. The molecule has 2 heterocycles. The fourth-order valence-electron chi connectivity index (χ4n) is 8.42. The maximum Gasteiger partial charge on any atom is 0.238 e. The van der Waals surface area contributed by atoms with Crippen molar-refractivity contribution in [2.45, 2.75) is 108 Å². The van der Waals surface area contributed by atoms with Gasteiger partial charge >= 0.3 is 0 Å². The van der Waals surface area contributed by atoms with Gasteiger partial charge in [0.1, 0.15) is 11.2 Å². The van der Waals surface area contributed by atoms with E-state index in [1.54, 1.807) is 24.3 Å². The van der Waals surface area contributed by atoms with E-state index in [2.05, 4.69) is 36.7 Å². The standard InChI is InChI=1S/C33H40Cl2FN3O2/c1-4-19-8-11-21(12-9-19)37-29(40)28-26(22-6-5-7-24(35)27(22)36)33(32(39-28)16-14-31(2,3)15-17-32)23-13-10-20(34)18-25(23)38-30(33)41/h5-7,10,13,18-19,21,26,28,39H,4,8-9,11-12,14-17H2,1-3H3,(H,37,40)(H,38,41)/t19?,21?,26-,28+,33+/m0/s1. The number of halogens is 3. The zero-order valence-corrected chi connectivity index (χ0v) is 25.6. The largest absolute Gasteiger partial charge is 0.352 e. The highest BCUT2D eigenvalue weighted by Gasteiger charge is 2.73. The van der Waals surface area contributed by atoms with E-state index in [0.717, 1.165) is 50.5 Å². The van der Waals surface area contributed by atoms with Crippen molar-refractivity contribution in [1.82, 2.24) is 10.6 Å². The molecule has 0 bridgehead atoms. The molecule has 2 spiro atoms. The van der Waals surface area contributed by atoms with Crippen molar-refractivity contribution in [2.75, 3.05) is 5.32 Å². The van der Waals surface area contributed by atoms with Crippen LogP contribution in [0.25, 0.3) is 0 Å². The number of nitrogens with one attached hydrogen (secondary N) is 3. The molecular formula is C33H40Cl2FN3O2. The molecule has 2 aromatic carbocycles.